The molecule has 0 aliphatic carbocycles. The van der Waals surface area contributed by atoms with Gasteiger partial charge in [-0.2, -0.15) is 0 Å². The number of aliphatic hydroxyl groups excluding tert-OH is 1. The summed E-state index contributed by atoms with van der Waals surface area (Å²) in [7, 11) is 0. The van der Waals surface area contributed by atoms with Crippen molar-refractivity contribution in [3.63, 3.8) is 0 Å². The topological polar surface area (TPSA) is 96.5 Å². The number of nitrogens with zero attached hydrogens (tertiary/aromatic N) is 4. The van der Waals surface area contributed by atoms with Gasteiger partial charge in [-0.25, -0.2) is 4.98 Å². The highest BCUT2D eigenvalue weighted by Gasteiger charge is 2.31. The SMILES string of the molecule is CC(C)n1c(N2CCNCC2CO)nc2c([N+](=O)[O-])c(Br)c(Br)cc21. The average molecular weight is 477 g/mol. The zero-order valence-electron chi connectivity index (χ0n) is 13.9. The van der Waals surface area contributed by atoms with Gasteiger partial charge in [-0.1, -0.05) is 0 Å². The van der Waals surface area contributed by atoms with Crippen molar-refractivity contribution in [3.8, 4) is 0 Å². The average Bonchev–Trinajstić information content (AvgIpc) is 2.93. The minimum Gasteiger partial charge on any atom is -0.394 e. The monoisotopic (exact) mass is 475 g/mol. The van der Waals surface area contributed by atoms with Crippen molar-refractivity contribution < 1.29 is 10.0 Å². The lowest BCUT2D eigenvalue weighted by atomic mass is 10.2. The van der Waals surface area contributed by atoms with Crippen molar-refractivity contribution in [2.75, 3.05) is 31.1 Å². The van der Waals surface area contributed by atoms with Crippen LogP contribution in [0.3, 0.4) is 0 Å². The zero-order chi connectivity index (χ0) is 18.3. The van der Waals surface area contributed by atoms with Gasteiger partial charge < -0.3 is 19.9 Å². The lowest BCUT2D eigenvalue weighted by molar-refractivity contribution is -0.384. The molecule has 3 rings (SSSR count). The van der Waals surface area contributed by atoms with E-state index in [2.05, 4.69) is 42.2 Å². The maximum absolute atomic E-state index is 11.6. The molecule has 1 atom stereocenters. The number of benzene rings is 1. The Balaban J connectivity index is 2.30. The summed E-state index contributed by atoms with van der Waals surface area (Å²) >= 11 is 6.69. The maximum Gasteiger partial charge on any atom is 0.312 e. The molecule has 136 valence electrons. The molecule has 0 radical (unpaired) electrons. The number of nitro groups is 1. The Morgan fingerprint density at radius 2 is 2.24 bits per heavy atom. The van der Waals surface area contributed by atoms with Gasteiger partial charge in [-0.3, -0.25) is 10.1 Å². The molecule has 1 aliphatic rings. The molecule has 25 heavy (non-hydrogen) atoms. The van der Waals surface area contributed by atoms with Crippen LogP contribution in [-0.4, -0.2) is 51.9 Å². The molecule has 2 aromatic rings. The number of nitro benzene ring substituents is 1. The van der Waals surface area contributed by atoms with Gasteiger partial charge in [0.1, 0.15) is 4.47 Å². The van der Waals surface area contributed by atoms with E-state index >= 15 is 0 Å². The van der Waals surface area contributed by atoms with Crippen LogP contribution < -0.4 is 10.2 Å². The molecule has 1 aromatic heterocycles. The van der Waals surface area contributed by atoms with Crippen molar-refractivity contribution in [1.82, 2.24) is 14.9 Å². The Labute approximate surface area is 161 Å². The Bertz CT molecular complexity index is 823. The summed E-state index contributed by atoms with van der Waals surface area (Å²) in [6.45, 7) is 6.12. The first-order valence-corrected chi connectivity index (χ1v) is 9.58. The fraction of sp³-hybridized carbons (Fsp3) is 0.533. The summed E-state index contributed by atoms with van der Waals surface area (Å²) < 4.78 is 2.98. The minimum absolute atomic E-state index is 0.0101. The van der Waals surface area contributed by atoms with E-state index in [1.165, 1.54) is 0 Å². The van der Waals surface area contributed by atoms with E-state index in [9.17, 15) is 15.2 Å². The molecule has 0 saturated carbocycles. The number of hydrogen-bond donors (Lipinski definition) is 2. The van der Waals surface area contributed by atoms with Crippen LogP contribution in [0.15, 0.2) is 15.0 Å². The van der Waals surface area contributed by atoms with E-state index < -0.39 is 4.92 Å². The molecule has 1 aromatic carbocycles. The van der Waals surface area contributed by atoms with Gasteiger partial charge in [0.15, 0.2) is 5.52 Å². The third-order valence-corrected chi connectivity index (χ3v) is 6.31. The van der Waals surface area contributed by atoms with Crippen LogP contribution in [0.4, 0.5) is 11.6 Å². The molecule has 10 heteroatoms. The van der Waals surface area contributed by atoms with E-state index in [0.717, 1.165) is 6.54 Å². The van der Waals surface area contributed by atoms with Gasteiger partial charge in [-0.05, 0) is 51.8 Å². The molecule has 2 N–H and O–H groups in total. The fourth-order valence-corrected chi connectivity index (χ4v) is 4.06. The lowest BCUT2D eigenvalue weighted by Crippen LogP contribution is -2.54. The number of halogens is 2. The van der Waals surface area contributed by atoms with Crippen molar-refractivity contribution in [1.29, 1.82) is 0 Å². The standard InChI is InChI=1S/C15H19Br2N5O3/c1-8(2)21-11-5-10(16)12(17)14(22(24)25)13(11)19-15(21)20-4-3-18-6-9(20)7-23/h5,8-9,18,23H,3-4,6-7H2,1-2H3. The number of aliphatic hydroxyl groups is 1. The van der Waals surface area contributed by atoms with E-state index in [1.54, 1.807) is 0 Å². The second-order valence-corrected chi connectivity index (χ2v) is 7.90. The molecular formula is C15H19Br2N5O3. The summed E-state index contributed by atoms with van der Waals surface area (Å²) in [6, 6.07) is 1.79. The number of rotatable bonds is 4. The van der Waals surface area contributed by atoms with Gasteiger partial charge in [0.25, 0.3) is 0 Å². The number of fused-ring (bicyclic) bond motifs is 1. The van der Waals surface area contributed by atoms with Crippen LogP contribution in [0.1, 0.15) is 19.9 Å². The highest BCUT2D eigenvalue weighted by molar-refractivity contribution is 9.13. The van der Waals surface area contributed by atoms with Gasteiger partial charge in [0.2, 0.25) is 5.95 Å². The van der Waals surface area contributed by atoms with Crippen LogP contribution in [-0.2, 0) is 0 Å². The van der Waals surface area contributed by atoms with E-state index in [1.807, 2.05) is 29.4 Å². The summed E-state index contributed by atoms with van der Waals surface area (Å²) in [5, 5.41) is 24.6. The van der Waals surface area contributed by atoms with Gasteiger partial charge in [0.05, 0.1) is 23.1 Å². The van der Waals surface area contributed by atoms with Gasteiger partial charge in [0, 0.05) is 30.1 Å². The van der Waals surface area contributed by atoms with Crippen LogP contribution in [0.25, 0.3) is 11.0 Å². The second kappa shape index (κ2) is 7.18. The Kier molecular flexibility index (Phi) is 5.33. The van der Waals surface area contributed by atoms with Crippen LogP contribution in [0.5, 0.6) is 0 Å². The van der Waals surface area contributed by atoms with Gasteiger partial charge >= 0.3 is 5.69 Å². The highest BCUT2D eigenvalue weighted by Crippen LogP contribution is 2.41. The van der Waals surface area contributed by atoms with Crippen molar-refractivity contribution in [3.05, 3.63) is 25.1 Å². The first-order valence-electron chi connectivity index (χ1n) is 7.99. The first kappa shape index (κ1) is 18.6. The predicted molar refractivity (Wildman–Crippen MR) is 103 cm³/mol. The van der Waals surface area contributed by atoms with Crippen LogP contribution in [0.2, 0.25) is 0 Å². The quantitative estimate of drug-likeness (QED) is 0.520. The Morgan fingerprint density at radius 1 is 1.52 bits per heavy atom. The van der Waals surface area contributed by atoms with Crippen LogP contribution in [0, 0.1) is 10.1 Å². The van der Waals surface area contributed by atoms with Crippen LogP contribution >= 0.6 is 31.9 Å². The van der Waals surface area contributed by atoms with Crippen molar-refractivity contribution in [2.45, 2.75) is 25.9 Å². The number of aromatic nitrogens is 2. The predicted octanol–water partition coefficient (Wildman–Crippen LogP) is 2.82. The van der Waals surface area contributed by atoms with Gasteiger partial charge in [-0.15, -0.1) is 0 Å². The molecule has 1 fully saturated rings. The summed E-state index contributed by atoms with van der Waals surface area (Å²) in [4.78, 5) is 17.9. The highest BCUT2D eigenvalue weighted by atomic mass is 79.9. The second-order valence-electron chi connectivity index (χ2n) is 6.26. The zero-order valence-corrected chi connectivity index (χ0v) is 17.0. The number of imidazole rings is 1. The smallest absolute Gasteiger partial charge is 0.312 e. The fourth-order valence-electron chi connectivity index (χ4n) is 3.21. The van der Waals surface area contributed by atoms with E-state index in [0.29, 0.717) is 39.0 Å². The molecule has 1 unspecified atom stereocenters. The third kappa shape index (κ3) is 3.16. The molecule has 0 amide bonds. The molecule has 1 aliphatic heterocycles. The van der Waals surface area contributed by atoms with Crippen molar-refractivity contribution >= 4 is 54.5 Å². The number of piperazine rings is 1. The molecule has 1 saturated heterocycles. The molecule has 8 nitrogen and oxygen atoms in total. The molecular weight excluding hydrogens is 458 g/mol. The maximum atomic E-state index is 11.6. The number of anilines is 1. The van der Waals surface area contributed by atoms with E-state index in [4.69, 9.17) is 0 Å². The number of hydrogen-bond acceptors (Lipinski definition) is 6. The van der Waals surface area contributed by atoms with Crippen molar-refractivity contribution in [2.24, 2.45) is 0 Å². The summed E-state index contributed by atoms with van der Waals surface area (Å²) in [5.74, 6) is 0.652. The summed E-state index contributed by atoms with van der Waals surface area (Å²) in [6.07, 6.45) is 0. The Morgan fingerprint density at radius 3 is 2.84 bits per heavy atom. The normalized spacial score (nSPS) is 18.3. The number of nitrogens with one attached hydrogen (secondary N) is 1. The molecule has 0 spiro atoms. The summed E-state index contributed by atoms with van der Waals surface area (Å²) in [5.41, 5.74) is 0.988. The Hall–Kier alpha value is -1.23. The largest absolute Gasteiger partial charge is 0.394 e. The first-order chi connectivity index (χ1) is 11.9. The third-order valence-electron chi connectivity index (χ3n) is 4.35. The van der Waals surface area contributed by atoms with E-state index in [-0.39, 0.29) is 24.4 Å². The lowest BCUT2D eigenvalue weighted by Gasteiger charge is -2.36. The molecule has 0 bridgehead atoms. The molecule has 2 heterocycles. The minimum atomic E-state index is -0.417.